The van der Waals surface area contributed by atoms with E-state index in [1.807, 2.05) is 0 Å². The second kappa shape index (κ2) is 9.79. The van der Waals surface area contributed by atoms with Crippen LogP contribution in [0.15, 0.2) is 35.2 Å². The van der Waals surface area contributed by atoms with Gasteiger partial charge < -0.3 is 14.6 Å². The molecular formula is C24H27Cl2N3O5S. The van der Waals surface area contributed by atoms with Crippen LogP contribution in [-0.4, -0.2) is 41.2 Å². The van der Waals surface area contributed by atoms with Gasteiger partial charge in [0.05, 0.1) is 33.3 Å². The number of nitrogens with one attached hydrogen (secondary N) is 1. The van der Waals surface area contributed by atoms with Crippen LogP contribution in [0.5, 0.6) is 0 Å². The molecule has 1 amide bonds. The maximum atomic E-state index is 13.0. The Morgan fingerprint density at radius 2 is 1.77 bits per heavy atom. The summed E-state index contributed by atoms with van der Waals surface area (Å²) < 4.78 is 30.8. The van der Waals surface area contributed by atoms with E-state index in [2.05, 4.69) is 10.3 Å². The number of aromatic nitrogens is 2. The third-order valence-corrected chi connectivity index (χ3v) is 9.29. The van der Waals surface area contributed by atoms with E-state index in [0.29, 0.717) is 38.0 Å². The summed E-state index contributed by atoms with van der Waals surface area (Å²) in [7, 11) is -2.28. The second-order valence-corrected chi connectivity index (χ2v) is 11.9. The van der Waals surface area contributed by atoms with Crippen LogP contribution in [0.25, 0.3) is 11.0 Å². The Morgan fingerprint density at radius 3 is 2.34 bits per heavy atom. The molecule has 11 heteroatoms. The predicted octanol–water partition coefficient (Wildman–Crippen LogP) is 4.79. The number of benzene rings is 1. The number of amides is 1. The molecule has 0 aliphatic carbocycles. The van der Waals surface area contributed by atoms with Gasteiger partial charge in [-0.25, -0.2) is 13.4 Å². The Morgan fingerprint density at radius 1 is 1.17 bits per heavy atom. The van der Waals surface area contributed by atoms with Crippen molar-refractivity contribution in [3.63, 3.8) is 0 Å². The third kappa shape index (κ3) is 4.77. The molecule has 1 atom stereocenters. The lowest BCUT2D eigenvalue weighted by molar-refractivity contribution is -0.145. The molecule has 2 aromatic heterocycles. The lowest BCUT2D eigenvalue weighted by atomic mass is 10.1. The molecule has 8 nitrogen and oxygen atoms in total. The molecule has 0 spiro atoms. The number of hydrogen-bond acceptors (Lipinski definition) is 6. The number of hydrogen-bond donors (Lipinski definition) is 1. The summed E-state index contributed by atoms with van der Waals surface area (Å²) in [5.41, 5.74) is 2.12. The number of aryl methyl sites for hydroxylation is 2. The van der Waals surface area contributed by atoms with Gasteiger partial charge in [0.15, 0.2) is 14.6 Å². The quantitative estimate of drug-likeness (QED) is 0.432. The van der Waals surface area contributed by atoms with Crippen molar-refractivity contribution in [2.75, 3.05) is 6.61 Å². The van der Waals surface area contributed by atoms with Crippen LogP contribution in [0.2, 0.25) is 10.0 Å². The van der Waals surface area contributed by atoms with Crippen LogP contribution < -0.4 is 5.32 Å². The Bertz CT molecular complexity index is 1410. The summed E-state index contributed by atoms with van der Waals surface area (Å²) in [6.07, 6.45) is 0. The number of ether oxygens (including phenoxy) is 1. The Kier molecular flexibility index (Phi) is 7.55. The molecule has 0 aliphatic heterocycles. The van der Waals surface area contributed by atoms with Crippen molar-refractivity contribution in [1.82, 2.24) is 14.9 Å². The SMILES string of the molecule is CCOC(=O)C(C)(C)S(=O)(=O)c1ccc([C@@H](C)NC(=O)c2cc3c(Cl)c(Cl)c(C)nc3n2C)cc1. The van der Waals surface area contributed by atoms with Gasteiger partial charge in [0.1, 0.15) is 11.3 Å². The van der Waals surface area contributed by atoms with Crippen molar-refractivity contribution in [3.8, 4) is 0 Å². The summed E-state index contributed by atoms with van der Waals surface area (Å²) in [5, 5.41) is 4.14. The van der Waals surface area contributed by atoms with Crippen LogP contribution in [0.1, 0.15) is 55.5 Å². The van der Waals surface area contributed by atoms with Crippen LogP contribution >= 0.6 is 23.2 Å². The molecule has 0 saturated heterocycles. The number of nitrogens with zero attached hydrogens (tertiary/aromatic N) is 2. The molecule has 0 bridgehead atoms. The largest absolute Gasteiger partial charge is 0.465 e. The number of esters is 1. The van der Waals surface area contributed by atoms with Gasteiger partial charge in [-0.15, -0.1) is 0 Å². The van der Waals surface area contributed by atoms with Gasteiger partial charge in [-0.1, -0.05) is 35.3 Å². The maximum Gasteiger partial charge on any atom is 0.327 e. The molecule has 3 aromatic rings. The first-order chi connectivity index (χ1) is 16.2. The molecule has 0 unspecified atom stereocenters. The number of halogens is 2. The van der Waals surface area contributed by atoms with E-state index in [0.717, 1.165) is 0 Å². The minimum Gasteiger partial charge on any atom is -0.465 e. The van der Waals surface area contributed by atoms with Gasteiger partial charge in [-0.3, -0.25) is 9.59 Å². The highest BCUT2D eigenvalue weighted by molar-refractivity contribution is 7.93. The molecule has 35 heavy (non-hydrogen) atoms. The highest BCUT2D eigenvalue weighted by Gasteiger charge is 2.44. The lowest BCUT2D eigenvalue weighted by Crippen LogP contribution is -2.42. The monoisotopic (exact) mass is 539 g/mol. The van der Waals surface area contributed by atoms with E-state index in [9.17, 15) is 18.0 Å². The average Bonchev–Trinajstić information content (AvgIpc) is 3.14. The highest BCUT2D eigenvalue weighted by Crippen LogP contribution is 2.33. The fraction of sp³-hybridized carbons (Fsp3) is 0.375. The van der Waals surface area contributed by atoms with Crippen LogP contribution in [0.4, 0.5) is 0 Å². The molecule has 0 fully saturated rings. The normalized spacial score (nSPS) is 13.0. The van der Waals surface area contributed by atoms with E-state index in [1.165, 1.54) is 26.0 Å². The fourth-order valence-electron chi connectivity index (χ4n) is 3.59. The van der Waals surface area contributed by atoms with Gasteiger partial charge in [0.2, 0.25) is 0 Å². The molecule has 0 aliphatic rings. The molecule has 188 valence electrons. The molecule has 1 aromatic carbocycles. The van der Waals surface area contributed by atoms with E-state index in [4.69, 9.17) is 27.9 Å². The van der Waals surface area contributed by atoms with Crippen molar-refractivity contribution in [1.29, 1.82) is 0 Å². The first-order valence-corrected chi connectivity index (χ1v) is 13.1. The molecule has 0 radical (unpaired) electrons. The van der Waals surface area contributed by atoms with Crippen LogP contribution in [0, 0.1) is 6.92 Å². The average molecular weight is 540 g/mol. The first-order valence-electron chi connectivity index (χ1n) is 10.9. The molecule has 2 heterocycles. The van der Waals surface area contributed by atoms with E-state index in [1.54, 1.807) is 50.6 Å². The number of pyridine rings is 1. The van der Waals surface area contributed by atoms with Crippen LogP contribution in [-0.2, 0) is 26.4 Å². The highest BCUT2D eigenvalue weighted by atomic mass is 35.5. The zero-order chi connectivity index (χ0) is 26.3. The summed E-state index contributed by atoms with van der Waals surface area (Å²) >= 11 is 12.5. The number of sulfone groups is 1. The van der Waals surface area contributed by atoms with Gasteiger partial charge in [0, 0.05) is 12.4 Å². The van der Waals surface area contributed by atoms with Crippen molar-refractivity contribution in [2.45, 2.75) is 50.3 Å². The first kappa shape index (κ1) is 27.0. The smallest absolute Gasteiger partial charge is 0.327 e. The zero-order valence-corrected chi connectivity index (χ0v) is 22.6. The molecule has 3 rings (SSSR count). The Balaban J connectivity index is 1.83. The van der Waals surface area contributed by atoms with Gasteiger partial charge in [0.25, 0.3) is 5.91 Å². The van der Waals surface area contributed by atoms with Gasteiger partial charge in [-0.05, 0) is 58.4 Å². The minimum atomic E-state index is -4.00. The van der Waals surface area contributed by atoms with Gasteiger partial charge >= 0.3 is 5.97 Å². The number of carbonyl (C=O) groups is 2. The van der Waals surface area contributed by atoms with E-state index in [-0.39, 0.29) is 17.4 Å². The Labute approximate surface area is 214 Å². The zero-order valence-electron chi connectivity index (χ0n) is 20.3. The summed E-state index contributed by atoms with van der Waals surface area (Å²) in [6, 6.07) is 7.22. The second-order valence-electron chi connectivity index (χ2n) is 8.65. The number of fused-ring (bicyclic) bond motifs is 1. The number of carbonyl (C=O) groups excluding carboxylic acids is 2. The minimum absolute atomic E-state index is 0.0144. The molecular weight excluding hydrogens is 513 g/mol. The summed E-state index contributed by atoms with van der Waals surface area (Å²) in [6.45, 7) is 7.84. The maximum absolute atomic E-state index is 13.0. The summed E-state index contributed by atoms with van der Waals surface area (Å²) in [4.78, 5) is 29.6. The fourth-order valence-corrected chi connectivity index (χ4v) is 5.37. The molecule has 1 N–H and O–H groups in total. The van der Waals surface area contributed by atoms with E-state index >= 15 is 0 Å². The lowest BCUT2D eigenvalue weighted by Gasteiger charge is -2.23. The van der Waals surface area contributed by atoms with Gasteiger partial charge in [-0.2, -0.15) is 0 Å². The third-order valence-electron chi connectivity index (χ3n) is 5.93. The standard InChI is InChI=1S/C24H27Cl2N3O5S/c1-7-34-23(31)24(4,5)35(32,33)16-10-8-15(9-11-16)13(2)28-22(30)18-12-17-20(26)19(25)14(3)27-21(17)29(18)6/h8-13H,7H2,1-6H3,(H,28,30)/t13-/m1/s1. The van der Waals surface area contributed by atoms with E-state index < -0.39 is 26.6 Å². The van der Waals surface area contributed by atoms with Crippen molar-refractivity contribution in [2.24, 2.45) is 7.05 Å². The number of rotatable bonds is 7. The van der Waals surface area contributed by atoms with Crippen molar-refractivity contribution in [3.05, 3.63) is 57.3 Å². The summed E-state index contributed by atoms with van der Waals surface area (Å²) in [5.74, 6) is -1.17. The predicted molar refractivity (Wildman–Crippen MR) is 136 cm³/mol. The topological polar surface area (TPSA) is 107 Å². The van der Waals surface area contributed by atoms with Crippen LogP contribution in [0.3, 0.4) is 0 Å². The van der Waals surface area contributed by atoms with Crippen molar-refractivity contribution < 1.29 is 22.7 Å². The Hall–Kier alpha value is -2.62. The van der Waals surface area contributed by atoms with Crippen molar-refractivity contribution >= 4 is 55.9 Å². The molecule has 0 saturated carbocycles.